The van der Waals surface area contributed by atoms with Gasteiger partial charge in [-0.3, -0.25) is 14.3 Å². The first-order chi connectivity index (χ1) is 10.2. The van der Waals surface area contributed by atoms with Gasteiger partial charge in [-0.25, -0.2) is 0 Å². The molecule has 2 heterocycles. The average Bonchev–Trinajstić information content (AvgIpc) is 2.98. The minimum Gasteiger partial charge on any atom is -0.340 e. The molecule has 2 amide bonds. The number of anilines is 1. The number of aromatic nitrogens is 2. The molecule has 3 rings (SSSR count). The fourth-order valence-electron chi connectivity index (χ4n) is 2.46. The zero-order valence-corrected chi connectivity index (χ0v) is 11.7. The molecule has 1 aromatic heterocycles. The predicted molar refractivity (Wildman–Crippen MR) is 78.0 cm³/mol. The Morgan fingerprint density at radius 1 is 1.19 bits per heavy atom. The van der Waals surface area contributed by atoms with Crippen LogP contribution in [0.3, 0.4) is 0 Å². The first kappa shape index (κ1) is 13.4. The summed E-state index contributed by atoms with van der Waals surface area (Å²) >= 11 is 0. The number of fused-ring (bicyclic) bond motifs is 1. The second-order valence-corrected chi connectivity index (χ2v) is 4.97. The Morgan fingerprint density at radius 3 is 2.76 bits per heavy atom. The number of hydrogen-bond donors (Lipinski definition) is 1. The Labute approximate surface area is 122 Å². The molecular weight excluding hydrogens is 268 g/mol. The number of carbonyl (C=O) groups is 2. The molecule has 1 aromatic carbocycles. The summed E-state index contributed by atoms with van der Waals surface area (Å²) in [5.41, 5.74) is 1.17. The van der Waals surface area contributed by atoms with Gasteiger partial charge < -0.3 is 10.2 Å². The zero-order valence-electron chi connectivity index (χ0n) is 11.7. The predicted octanol–water partition coefficient (Wildman–Crippen LogP) is 1.05. The first-order valence-corrected chi connectivity index (χ1v) is 6.85. The minimum atomic E-state index is -0.539. The van der Waals surface area contributed by atoms with Gasteiger partial charge in [0.1, 0.15) is 6.04 Å². The summed E-state index contributed by atoms with van der Waals surface area (Å²) in [6.45, 7) is 2.75. The molecule has 2 aromatic rings. The van der Waals surface area contributed by atoms with Crippen LogP contribution in [0.2, 0.25) is 0 Å². The van der Waals surface area contributed by atoms with E-state index in [9.17, 15) is 9.59 Å². The van der Waals surface area contributed by atoms with Crippen LogP contribution in [0.4, 0.5) is 5.69 Å². The van der Waals surface area contributed by atoms with Crippen molar-refractivity contribution in [3.8, 4) is 0 Å². The van der Waals surface area contributed by atoms with Crippen LogP contribution in [0.15, 0.2) is 42.7 Å². The molecule has 1 N–H and O–H groups in total. The number of nitrogens with zero attached hydrogens (tertiary/aromatic N) is 3. The largest absolute Gasteiger partial charge is 0.340 e. The van der Waals surface area contributed by atoms with E-state index in [0.717, 1.165) is 0 Å². The van der Waals surface area contributed by atoms with Gasteiger partial charge in [-0.1, -0.05) is 12.1 Å². The lowest BCUT2D eigenvalue weighted by molar-refractivity contribution is -0.120. The summed E-state index contributed by atoms with van der Waals surface area (Å²) in [5, 5.41) is 6.85. The third-order valence-corrected chi connectivity index (χ3v) is 3.54. The van der Waals surface area contributed by atoms with Gasteiger partial charge in [-0.05, 0) is 25.1 Å². The summed E-state index contributed by atoms with van der Waals surface area (Å²) in [6, 6.07) is 8.46. The Balaban J connectivity index is 1.93. The van der Waals surface area contributed by atoms with Gasteiger partial charge in [0.2, 0.25) is 5.91 Å². The number of hydrogen-bond acceptors (Lipinski definition) is 3. The maximum Gasteiger partial charge on any atom is 0.254 e. The van der Waals surface area contributed by atoms with Crippen LogP contribution in [0.1, 0.15) is 17.3 Å². The van der Waals surface area contributed by atoms with Gasteiger partial charge in [-0.2, -0.15) is 5.10 Å². The minimum absolute atomic E-state index is 0.111. The molecule has 6 heteroatoms. The van der Waals surface area contributed by atoms with E-state index in [1.807, 2.05) is 18.3 Å². The van der Waals surface area contributed by atoms with Crippen LogP contribution in [0.25, 0.3) is 0 Å². The third kappa shape index (κ3) is 2.52. The molecule has 21 heavy (non-hydrogen) atoms. The smallest absolute Gasteiger partial charge is 0.254 e. The highest BCUT2D eigenvalue weighted by atomic mass is 16.2. The van der Waals surface area contributed by atoms with Gasteiger partial charge in [0.15, 0.2) is 0 Å². The molecule has 0 spiro atoms. The van der Waals surface area contributed by atoms with Gasteiger partial charge in [0.25, 0.3) is 5.91 Å². The van der Waals surface area contributed by atoms with Crippen LogP contribution in [-0.2, 0) is 11.3 Å². The molecule has 0 saturated carbocycles. The molecule has 108 valence electrons. The Hall–Kier alpha value is -2.63. The maximum absolute atomic E-state index is 12.5. The van der Waals surface area contributed by atoms with E-state index in [2.05, 4.69) is 10.4 Å². The topological polar surface area (TPSA) is 67.2 Å². The standard InChI is InChI=1S/C15H16N4O2/c1-11-15(21)19(10-9-18-8-4-7-16-18)13-6-3-2-5-12(13)14(20)17-11/h2-8,11H,9-10H2,1H3,(H,17,20). The molecule has 0 radical (unpaired) electrons. The monoisotopic (exact) mass is 284 g/mol. The van der Waals surface area contributed by atoms with E-state index in [4.69, 9.17) is 0 Å². The number of nitrogens with one attached hydrogen (secondary N) is 1. The molecule has 0 fully saturated rings. The molecule has 0 saturated heterocycles. The Morgan fingerprint density at radius 2 is 2.00 bits per heavy atom. The van der Waals surface area contributed by atoms with Crippen molar-refractivity contribution in [1.82, 2.24) is 15.1 Å². The normalized spacial score (nSPS) is 18.1. The van der Waals surface area contributed by atoms with Crippen molar-refractivity contribution >= 4 is 17.5 Å². The van der Waals surface area contributed by atoms with Gasteiger partial charge >= 0.3 is 0 Å². The van der Waals surface area contributed by atoms with Crippen molar-refractivity contribution < 1.29 is 9.59 Å². The molecule has 0 aliphatic carbocycles. The fraction of sp³-hybridized carbons (Fsp3) is 0.267. The maximum atomic E-state index is 12.5. The van der Waals surface area contributed by atoms with Gasteiger partial charge in [-0.15, -0.1) is 0 Å². The second kappa shape index (κ2) is 5.40. The summed E-state index contributed by atoms with van der Waals surface area (Å²) < 4.78 is 1.76. The Bertz CT molecular complexity index is 666. The van der Waals surface area contributed by atoms with E-state index >= 15 is 0 Å². The van der Waals surface area contributed by atoms with Crippen molar-refractivity contribution in [2.24, 2.45) is 0 Å². The third-order valence-electron chi connectivity index (χ3n) is 3.54. The highest BCUT2D eigenvalue weighted by Crippen LogP contribution is 2.24. The number of para-hydroxylation sites is 1. The summed E-state index contributed by atoms with van der Waals surface area (Å²) in [4.78, 5) is 26.3. The molecule has 1 unspecified atom stereocenters. The number of rotatable bonds is 3. The highest BCUT2D eigenvalue weighted by molar-refractivity contribution is 6.10. The quantitative estimate of drug-likeness (QED) is 0.916. The van der Waals surface area contributed by atoms with E-state index < -0.39 is 6.04 Å². The summed E-state index contributed by atoms with van der Waals surface area (Å²) in [6.07, 6.45) is 3.55. The SMILES string of the molecule is CC1NC(=O)c2ccccc2N(CCn2cccn2)C1=O. The van der Waals surface area contributed by atoms with Crippen LogP contribution in [-0.4, -0.2) is 34.2 Å². The lowest BCUT2D eigenvalue weighted by Gasteiger charge is -2.23. The van der Waals surface area contributed by atoms with Gasteiger partial charge in [0, 0.05) is 18.9 Å². The van der Waals surface area contributed by atoms with Gasteiger partial charge in [0.05, 0.1) is 17.8 Å². The van der Waals surface area contributed by atoms with Crippen LogP contribution >= 0.6 is 0 Å². The molecule has 1 aliphatic rings. The molecule has 0 bridgehead atoms. The zero-order chi connectivity index (χ0) is 14.8. The lowest BCUT2D eigenvalue weighted by atomic mass is 10.1. The van der Waals surface area contributed by atoms with Crippen molar-refractivity contribution in [2.75, 3.05) is 11.4 Å². The van der Waals surface area contributed by atoms with Crippen molar-refractivity contribution in [3.05, 3.63) is 48.3 Å². The molecule has 1 atom stereocenters. The average molecular weight is 284 g/mol. The number of carbonyl (C=O) groups excluding carboxylic acids is 2. The fourth-order valence-corrected chi connectivity index (χ4v) is 2.46. The van der Waals surface area contributed by atoms with Crippen LogP contribution in [0, 0.1) is 0 Å². The number of benzene rings is 1. The molecule has 6 nitrogen and oxygen atoms in total. The summed E-state index contributed by atoms with van der Waals surface area (Å²) in [7, 11) is 0. The van der Waals surface area contributed by atoms with E-state index in [1.165, 1.54) is 0 Å². The Kier molecular flexibility index (Phi) is 3.43. The number of amides is 2. The first-order valence-electron chi connectivity index (χ1n) is 6.85. The highest BCUT2D eigenvalue weighted by Gasteiger charge is 2.30. The molecular formula is C15H16N4O2. The van der Waals surface area contributed by atoms with Crippen molar-refractivity contribution in [3.63, 3.8) is 0 Å². The van der Waals surface area contributed by atoms with Crippen LogP contribution in [0.5, 0.6) is 0 Å². The van der Waals surface area contributed by atoms with E-state index in [0.29, 0.717) is 24.3 Å². The molecule has 1 aliphatic heterocycles. The van der Waals surface area contributed by atoms with Crippen LogP contribution < -0.4 is 10.2 Å². The van der Waals surface area contributed by atoms with E-state index in [-0.39, 0.29) is 11.8 Å². The van der Waals surface area contributed by atoms with Crippen molar-refractivity contribution in [1.29, 1.82) is 0 Å². The second-order valence-electron chi connectivity index (χ2n) is 4.97. The van der Waals surface area contributed by atoms with Crippen molar-refractivity contribution in [2.45, 2.75) is 19.5 Å². The van der Waals surface area contributed by atoms with E-state index in [1.54, 1.807) is 40.9 Å². The summed E-state index contributed by atoms with van der Waals surface area (Å²) in [5.74, 6) is -0.325. The lowest BCUT2D eigenvalue weighted by Crippen LogP contribution is -2.44.